The molecule has 0 spiro atoms. The van der Waals surface area contributed by atoms with Gasteiger partial charge in [-0.05, 0) is 28.1 Å². The maximum atomic E-state index is 11.2. The lowest BCUT2D eigenvalue weighted by atomic mass is 10.2. The molecule has 94 valence electrons. The lowest BCUT2D eigenvalue weighted by Crippen LogP contribution is -2.00. The SMILES string of the molecule is O=Cc1cn(-c2ncccn2)nc1-c1cc(Br)cs1. The van der Waals surface area contributed by atoms with Gasteiger partial charge in [0.2, 0.25) is 5.95 Å². The summed E-state index contributed by atoms with van der Waals surface area (Å²) in [5.41, 5.74) is 1.15. The predicted molar refractivity (Wildman–Crippen MR) is 75.6 cm³/mol. The van der Waals surface area contributed by atoms with Crippen molar-refractivity contribution in [2.75, 3.05) is 0 Å². The number of hydrogen-bond acceptors (Lipinski definition) is 5. The first-order valence-corrected chi connectivity index (χ1v) is 7.02. The molecule has 0 aliphatic heterocycles. The maximum Gasteiger partial charge on any atom is 0.250 e. The monoisotopic (exact) mass is 334 g/mol. The Labute approximate surface area is 121 Å². The number of nitrogens with zero attached hydrogens (tertiary/aromatic N) is 4. The Hall–Kier alpha value is -1.86. The summed E-state index contributed by atoms with van der Waals surface area (Å²) in [6.45, 7) is 0. The molecule has 0 atom stereocenters. The fraction of sp³-hybridized carbons (Fsp3) is 0. The molecule has 5 nitrogen and oxygen atoms in total. The molecule has 3 rings (SSSR count). The number of aromatic nitrogens is 4. The maximum absolute atomic E-state index is 11.2. The van der Waals surface area contributed by atoms with E-state index in [2.05, 4.69) is 31.0 Å². The van der Waals surface area contributed by atoms with Crippen LogP contribution in [0, 0.1) is 0 Å². The summed E-state index contributed by atoms with van der Waals surface area (Å²) in [6.07, 6.45) is 5.68. The van der Waals surface area contributed by atoms with E-state index in [4.69, 9.17) is 0 Å². The van der Waals surface area contributed by atoms with Crippen LogP contribution in [-0.2, 0) is 0 Å². The molecule has 7 heteroatoms. The predicted octanol–water partition coefficient (Wildman–Crippen LogP) is 2.97. The van der Waals surface area contributed by atoms with Crippen LogP contribution in [0.15, 0.2) is 40.6 Å². The Morgan fingerprint density at radius 1 is 1.32 bits per heavy atom. The fourth-order valence-corrected chi connectivity index (χ4v) is 3.05. The smallest absolute Gasteiger partial charge is 0.250 e. The average molecular weight is 335 g/mol. The quantitative estimate of drug-likeness (QED) is 0.691. The zero-order valence-electron chi connectivity index (χ0n) is 9.52. The minimum Gasteiger partial charge on any atom is -0.298 e. The third-order valence-corrected chi connectivity index (χ3v) is 4.13. The van der Waals surface area contributed by atoms with Gasteiger partial charge >= 0.3 is 0 Å². The summed E-state index contributed by atoms with van der Waals surface area (Å²) in [5.74, 6) is 0.437. The number of rotatable bonds is 3. The molecule has 0 unspecified atom stereocenters. The lowest BCUT2D eigenvalue weighted by molar-refractivity contribution is 0.112. The summed E-state index contributed by atoms with van der Waals surface area (Å²) in [7, 11) is 0. The first kappa shape index (κ1) is 12.2. The zero-order valence-corrected chi connectivity index (χ0v) is 11.9. The first-order valence-electron chi connectivity index (χ1n) is 5.34. The molecule has 0 radical (unpaired) electrons. The molecule has 0 saturated heterocycles. The normalized spacial score (nSPS) is 10.6. The Balaban J connectivity index is 2.11. The minimum absolute atomic E-state index is 0.437. The van der Waals surface area contributed by atoms with Gasteiger partial charge in [-0.1, -0.05) is 0 Å². The van der Waals surface area contributed by atoms with Crippen LogP contribution in [0.4, 0.5) is 0 Å². The third-order valence-electron chi connectivity index (χ3n) is 2.43. The van der Waals surface area contributed by atoms with Crippen molar-refractivity contribution in [3.8, 4) is 16.5 Å². The van der Waals surface area contributed by atoms with Gasteiger partial charge < -0.3 is 0 Å². The molecule has 0 amide bonds. The second-order valence-corrected chi connectivity index (χ2v) is 5.50. The van der Waals surface area contributed by atoms with Crippen LogP contribution in [-0.4, -0.2) is 26.0 Å². The second-order valence-electron chi connectivity index (χ2n) is 3.67. The van der Waals surface area contributed by atoms with Gasteiger partial charge in [-0.25, -0.2) is 14.6 Å². The topological polar surface area (TPSA) is 60.7 Å². The molecule has 0 N–H and O–H groups in total. The van der Waals surface area contributed by atoms with Crippen LogP contribution < -0.4 is 0 Å². The highest BCUT2D eigenvalue weighted by Crippen LogP contribution is 2.30. The van der Waals surface area contributed by atoms with E-state index in [-0.39, 0.29) is 0 Å². The highest BCUT2D eigenvalue weighted by Gasteiger charge is 2.14. The van der Waals surface area contributed by atoms with Crippen LogP contribution in [0.25, 0.3) is 16.5 Å². The van der Waals surface area contributed by atoms with Gasteiger partial charge in [-0.2, -0.15) is 5.10 Å². The standard InChI is InChI=1S/C12H7BrN4OS/c13-9-4-10(19-7-9)11-8(6-18)5-17(16-11)12-14-2-1-3-15-12/h1-7H. The van der Waals surface area contributed by atoms with E-state index in [1.54, 1.807) is 24.7 Å². The zero-order chi connectivity index (χ0) is 13.2. The van der Waals surface area contributed by atoms with E-state index in [9.17, 15) is 4.79 Å². The molecule has 19 heavy (non-hydrogen) atoms. The van der Waals surface area contributed by atoms with Gasteiger partial charge in [-0.3, -0.25) is 4.79 Å². The average Bonchev–Trinajstić information content (AvgIpc) is 3.05. The first-order chi connectivity index (χ1) is 9.28. The summed E-state index contributed by atoms with van der Waals surface area (Å²) in [5, 5.41) is 6.33. The van der Waals surface area contributed by atoms with E-state index in [1.165, 1.54) is 16.0 Å². The number of thiophene rings is 1. The van der Waals surface area contributed by atoms with Crippen molar-refractivity contribution >= 4 is 33.6 Å². The summed E-state index contributed by atoms with van der Waals surface area (Å²) in [6, 6.07) is 3.65. The van der Waals surface area contributed by atoms with E-state index in [0.717, 1.165) is 15.6 Å². The van der Waals surface area contributed by atoms with Gasteiger partial charge in [0.25, 0.3) is 0 Å². The van der Waals surface area contributed by atoms with Gasteiger partial charge in [0, 0.05) is 28.4 Å². The number of carbonyl (C=O) groups excluding carboxylic acids is 1. The highest BCUT2D eigenvalue weighted by atomic mass is 79.9. The molecule has 3 aromatic rings. The van der Waals surface area contributed by atoms with E-state index in [0.29, 0.717) is 17.2 Å². The van der Waals surface area contributed by atoms with Crippen LogP contribution >= 0.6 is 27.3 Å². The number of carbonyl (C=O) groups is 1. The molecule has 0 saturated carbocycles. The number of halogens is 1. The molecule has 3 heterocycles. The van der Waals surface area contributed by atoms with Gasteiger partial charge in [-0.15, -0.1) is 11.3 Å². The summed E-state index contributed by atoms with van der Waals surface area (Å²) in [4.78, 5) is 20.3. The second kappa shape index (κ2) is 5.02. The van der Waals surface area contributed by atoms with Crippen molar-refractivity contribution in [2.45, 2.75) is 0 Å². The van der Waals surface area contributed by atoms with Crippen molar-refractivity contribution in [1.29, 1.82) is 0 Å². The van der Waals surface area contributed by atoms with Crippen LogP contribution in [0.5, 0.6) is 0 Å². The Bertz CT molecular complexity index is 722. The Kier molecular flexibility index (Phi) is 3.22. The van der Waals surface area contributed by atoms with Crippen LogP contribution in [0.3, 0.4) is 0 Å². The molecule has 0 fully saturated rings. The minimum atomic E-state index is 0.437. The number of aldehydes is 1. The molecule has 0 aromatic carbocycles. The highest BCUT2D eigenvalue weighted by molar-refractivity contribution is 9.10. The van der Waals surface area contributed by atoms with Crippen molar-refractivity contribution in [2.24, 2.45) is 0 Å². The van der Waals surface area contributed by atoms with Crippen molar-refractivity contribution < 1.29 is 4.79 Å². The third kappa shape index (κ3) is 2.34. The summed E-state index contributed by atoms with van der Waals surface area (Å²) < 4.78 is 2.47. The molecule has 0 aliphatic rings. The molecule has 3 aromatic heterocycles. The van der Waals surface area contributed by atoms with Gasteiger partial charge in [0.1, 0.15) is 5.69 Å². The van der Waals surface area contributed by atoms with E-state index >= 15 is 0 Å². The number of hydrogen-bond donors (Lipinski definition) is 0. The Morgan fingerprint density at radius 3 is 2.74 bits per heavy atom. The van der Waals surface area contributed by atoms with Gasteiger partial charge in [0.15, 0.2) is 6.29 Å². The van der Waals surface area contributed by atoms with Crippen LogP contribution in [0.2, 0.25) is 0 Å². The largest absolute Gasteiger partial charge is 0.298 e. The fourth-order valence-electron chi connectivity index (χ4n) is 1.61. The van der Waals surface area contributed by atoms with Crippen molar-refractivity contribution in [3.63, 3.8) is 0 Å². The van der Waals surface area contributed by atoms with Crippen molar-refractivity contribution in [1.82, 2.24) is 19.7 Å². The molecular weight excluding hydrogens is 328 g/mol. The molecule has 0 bridgehead atoms. The lowest BCUT2D eigenvalue weighted by Gasteiger charge is -1.96. The van der Waals surface area contributed by atoms with E-state index in [1.807, 2.05) is 11.4 Å². The van der Waals surface area contributed by atoms with Crippen LogP contribution in [0.1, 0.15) is 10.4 Å². The van der Waals surface area contributed by atoms with Gasteiger partial charge in [0.05, 0.1) is 10.4 Å². The van der Waals surface area contributed by atoms with E-state index < -0.39 is 0 Å². The Morgan fingerprint density at radius 2 is 2.11 bits per heavy atom. The molecule has 0 aliphatic carbocycles. The summed E-state index contributed by atoms with van der Waals surface area (Å²) >= 11 is 4.91. The van der Waals surface area contributed by atoms with Crippen molar-refractivity contribution in [3.05, 3.63) is 46.1 Å². The molecular formula is C12H7BrN4OS.